The molecule has 0 bridgehead atoms. The summed E-state index contributed by atoms with van der Waals surface area (Å²) >= 11 is 0. The quantitative estimate of drug-likeness (QED) is 0.735. The van der Waals surface area contributed by atoms with Gasteiger partial charge in [-0.25, -0.2) is 4.98 Å². The molecule has 4 heteroatoms. The van der Waals surface area contributed by atoms with Crippen molar-refractivity contribution in [1.29, 1.82) is 0 Å². The second kappa shape index (κ2) is 4.57. The van der Waals surface area contributed by atoms with E-state index >= 15 is 0 Å². The van der Waals surface area contributed by atoms with Gasteiger partial charge in [-0.2, -0.15) is 0 Å². The second-order valence-corrected chi connectivity index (χ2v) is 4.43. The number of carbonyl (C=O) groups is 1. The lowest BCUT2D eigenvalue weighted by atomic mass is 10.2. The number of aromatic nitrogens is 2. The van der Waals surface area contributed by atoms with E-state index in [-0.39, 0.29) is 5.91 Å². The number of rotatable bonds is 2. The van der Waals surface area contributed by atoms with E-state index in [1.54, 1.807) is 12.1 Å². The van der Waals surface area contributed by atoms with E-state index in [1.807, 2.05) is 43.3 Å². The van der Waals surface area contributed by atoms with Gasteiger partial charge in [0.1, 0.15) is 0 Å². The van der Waals surface area contributed by atoms with Crippen molar-refractivity contribution < 1.29 is 4.79 Å². The van der Waals surface area contributed by atoms with Crippen LogP contribution in [0.2, 0.25) is 0 Å². The Morgan fingerprint density at radius 3 is 2.74 bits per heavy atom. The number of carbonyl (C=O) groups excluding carboxylic acids is 1. The fourth-order valence-corrected chi connectivity index (χ4v) is 1.95. The zero-order chi connectivity index (χ0) is 13.2. The van der Waals surface area contributed by atoms with Gasteiger partial charge in [0.05, 0.1) is 11.0 Å². The molecule has 19 heavy (non-hydrogen) atoms. The summed E-state index contributed by atoms with van der Waals surface area (Å²) in [4.78, 5) is 19.4. The molecule has 2 aromatic carbocycles. The van der Waals surface area contributed by atoms with Gasteiger partial charge >= 0.3 is 0 Å². The third-order valence-electron chi connectivity index (χ3n) is 2.91. The normalized spacial score (nSPS) is 10.6. The van der Waals surface area contributed by atoms with Crippen LogP contribution in [0.4, 0.5) is 5.95 Å². The minimum absolute atomic E-state index is 0.170. The molecule has 0 aliphatic heterocycles. The van der Waals surface area contributed by atoms with Crippen LogP contribution in [-0.4, -0.2) is 15.9 Å². The van der Waals surface area contributed by atoms with Crippen molar-refractivity contribution in [2.24, 2.45) is 0 Å². The number of hydrogen-bond donors (Lipinski definition) is 2. The lowest BCUT2D eigenvalue weighted by Gasteiger charge is -2.00. The SMILES string of the molecule is Cc1ccc2nc(NC(=O)c3ccccc3)[nH]c2c1. The Bertz CT molecular complexity index is 731. The largest absolute Gasteiger partial charge is 0.324 e. The standard InChI is InChI=1S/C15H13N3O/c1-10-7-8-12-13(9-10)17-15(16-12)18-14(19)11-5-3-2-4-6-11/h2-9H,1H3,(H2,16,17,18,19). The van der Waals surface area contributed by atoms with Crippen molar-refractivity contribution >= 4 is 22.9 Å². The van der Waals surface area contributed by atoms with Gasteiger partial charge in [-0.1, -0.05) is 24.3 Å². The van der Waals surface area contributed by atoms with Crippen LogP contribution < -0.4 is 5.32 Å². The van der Waals surface area contributed by atoms with Crippen molar-refractivity contribution in [3.05, 3.63) is 59.7 Å². The number of anilines is 1. The Labute approximate surface area is 110 Å². The van der Waals surface area contributed by atoms with E-state index in [0.29, 0.717) is 11.5 Å². The van der Waals surface area contributed by atoms with Crippen molar-refractivity contribution in [2.45, 2.75) is 6.92 Å². The number of aryl methyl sites for hydroxylation is 1. The number of benzene rings is 2. The summed E-state index contributed by atoms with van der Waals surface area (Å²) in [5.41, 5.74) is 3.52. The molecule has 0 atom stereocenters. The maximum absolute atomic E-state index is 12.0. The maximum atomic E-state index is 12.0. The first-order valence-electron chi connectivity index (χ1n) is 6.05. The molecular weight excluding hydrogens is 238 g/mol. The fourth-order valence-electron chi connectivity index (χ4n) is 1.95. The van der Waals surface area contributed by atoms with Gasteiger partial charge in [-0.15, -0.1) is 0 Å². The number of amides is 1. The molecule has 0 spiro atoms. The third kappa shape index (κ3) is 2.33. The highest BCUT2D eigenvalue weighted by molar-refractivity contribution is 6.03. The van der Waals surface area contributed by atoms with Crippen LogP contribution in [0, 0.1) is 6.92 Å². The topological polar surface area (TPSA) is 57.8 Å². The predicted molar refractivity (Wildman–Crippen MR) is 75.2 cm³/mol. The number of imidazole rings is 1. The molecule has 2 N–H and O–H groups in total. The molecule has 1 heterocycles. The van der Waals surface area contributed by atoms with E-state index in [9.17, 15) is 4.79 Å². The summed E-state index contributed by atoms with van der Waals surface area (Å²) in [5.74, 6) is 0.297. The Balaban J connectivity index is 1.87. The number of nitrogens with zero attached hydrogens (tertiary/aromatic N) is 1. The van der Waals surface area contributed by atoms with E-state index in [0.717, 1.165) is 16.6 Å². The Kier molecular flexibility index (Phi) is 2.76. The summed E-state index contributed by atoms with van der Waals surface area (Å²) in [6.07, 6.45) is 0. The summed E-state index contributed by atoms with van der Waals surface area (Å²) < 4.78 is 0. The number of hydrogen-bond acceptors (Lipinski definition) is 2. The second-order valence-electron chi connectivity index (χ2n) is 4.43. The lowest BCUT2D eigenvalue weighted by molar-refractivity contribution is 0.102. The van der Waals surface area contributed by atoms with Crippen LogP contribution in [0.15, 0.2) is 48.5 Å². The van der Waals surface area contributed by atoms with Crippen molar-refractivity contribution in [1.82, 2.24) is 9.97 Å². The van der Waals surface area contributed by atoms with E-state index in [2.05, 4.69) is 15.3 Å². The van der Waals surface area contributed by atoms with Gasteiger partial charge in [0, 0.05) is 5.56 Å². The van der Waals surface area contributed by atoms with Crippen LogP contribution in [0.1, 0.15) is 15.9 Å². The van der Waals surface area contributed by atoms with Gasteiger partial charge in [-0.05, 0) is 36.8 Å². The Morgan fingerprint density at radius 2 is 1.95 bits per heavy atom. The minimum atomic E-state index is -0.170. The summed E-state index contributed by atoms with van der Waals surface area (Å²) in [6.45, 7) is 2.02. The summed E-state index contributed by atoms with van der Waals surface area (Å²) in [5, 5.41) is 2.76. The fraction of sp³-hybridized carbons (Fsp3) is 0.0667. The summed E-state index contributed by atoms with van der Waals surface area (Å²) in [6, 6.07) is 15.0. The molecule has 0 saturated carbocycles. The smallest absolute Gasteiger partial charge is 0.257 e. The monoisotopic (exact) mass is 251 g/mol. The maximum Gasteiger partial charge on any atom is 0.257 e. The number of nitrogens with one attached hydrogen (secondary N) is 2. The van der Waals surface area contributed by atoms with E-state index in [4.69, 9.17) is 0 Å². The molecule has 3 aromatic rings. The zero-order valence-electron chi connectivity index (χ0n) is 10.5. The van der Waals surface area contributed by atoms with Crippen LogP contribution in [-0.2, 0) is 0 Å². The van der Waals surface area contributed by atoms with E-state index < -0.39 is 0 Å². The van der Waals surface area contributed by atoms with Crippen LogP contribution in [0.25, 0.3) is 11.0 Å². The summed E-state index contributed by atoms with van der Waals surface area (Å²) in [7, 11) is 0. The molecule has 0 aliphatic carbocycles. The highest BCUT2D eigenvalue weighted by Gasteiger charge is 2.08. The molecule has 1 aromatic heterocycles. The first kappa shape index (κ1) is 11.5. The molecule has 0 fully saturated rings. The molecule has 0 unspecified atom stereocenters. The minimum Gasteiger partial charge on any atom is -0.324 e. The highest BCUT2D eigenvalue weighted by atomic mass is 16.1. The van der Waals surface area contributed by atoms with Gasteiger partial charge in [0.25, 0.3) is 5.91 Å². The van der Waals surface area contributed by atoms with Crippen LogP contribution in [0.3, 0.4) is 0 Å². The van der Waals surface area contributed by atoms with Crippen molar-refractivity contribution in [3.63, 3.8) is 0 Å². The van der Waals surface area contributed by atoms with Gasteiger partial charge in [0.15, 0.2) is 0 Å². The Hall–Kier alpha value is -2.62. The van der Waals surface area contributed by atoms with E-state index in [1.165, 1.54) is 0 Å². The molecule has 0 radical (unpaired) electrons. The first-order chi connectivity index (χ1) is 9.22. The molecule has 1 amide bonds. The molecule has 0 saturated heterocycles. The lowest BCUT2D eigenvalue weighted by Crippen LogP contribution is -2.12. The number of H-pyrrole nitrogens is 1. The molecule has 3 rings (SSSR count). The van der Waals surface area contributed by atoms with Gasteiger partial charge in [-0.3, -0.25) is 10.1 Å². The molecule has 0 aliphatic rings. The van der Waals surface area contributed by atoms with Crippen molar-refractivity contribution in [3.8, 4) is 0 Å². The molecule has 94 valence electrons. The van der Waals surface area contributed by atoms with Gasteiger partial charge < -0.3 is 4.98 Å². The van der Waals surface area contributed by atoms with Gasteiger partial charge in [0.2, 0.25) is 5.95 Å². The highest BCUT2D eigenvalue weighted by Crippen LogP contribution is 2.16. The number of aromatic amines is 1. The average Bonchev–Trinajstić information content (AvgIpc) is 2.81. The zero-order valence-corrected chi connectivity index (χ0v) is 10.5. The van der Waals surface area contributed by atoms with Crippen molar-refractivity contribution in [2.75, 3.05) is 5.32 Å². The molecule has 4 nitrogen and oxygen atoms in total. The Morgan fingerprint density at radius 1 is 1.16 bits per heavy atom. The predicted octanol–water partition coefficient (Wildman–Crippen LogP) is 3.12. The number of fused-ring (bicyclic) bond motifs is 1. The average molecular weight is 251 g/mol. The molecular formula is C15H13N3O. The third-order valence-corrected chi connectivity index (χ3v) is 2.91. The van der Waals surface area contributed by atoms with Crippen LogP contribution in [0.5, 0.6) is 0 Å². The first-order valence-corrected chi connectivity index (χ1v) is 6.05. The van der Waals surface area contributed by atoms with Crippen LogP contribution >= 0.6 is 0 Å².